The van der Waals surface area contributed by atoms with E-state index < -0.39 is 0 Å². The van der Waals surface area contributed by atoms with Crippen LogP contribution in [-0.4, -0.2) is 20.6 Å². The van der Waals surface area contributed by atoms with E-state index >= 15 is 0 Å². The van der Waals surface area contributed by atoms with Crippen LogP contribution in [0, 0.1) is 0 Å². The maximum absolute atomic E-state index is 10.5. The highest BCUT2D eigenvalue weighted by Crippen LogP contribution is 2.38. The largest absolute Gasteiger partial charge is 0.493 e. The molecule has 0 fully saturated rings. The number of nitrogens with one attached hydrogen (secondary N) is 1. The Morgan fingerprint density at radius 3 is 2.62 bits per heavy atom. The summed E-state index contributed by atoms with van der Waals surface area (Å²) in [4.78, 5) is 10.5. The molecule has 1 aliphatic rings. The van der Waals surface area contributed by atoms with Gasteiger partial charge in [-0.05, 0) is 36.1 Å². The number of hydrogen-bond donors (Lipinski definition) is 1. The molecule has 1 atom stereocenters. The predicted molar refractivity (Wildman–Crippen MR) is 59.8 cm³/mol. The van der Waals surface area contributed by atoms with Crippen LogP contribution in [0.25, 0.3) is 0 Å². The molecule has 4 nitrogen and oxygen atoms in total. The molecule has 1 N–H and O–H groups in total. The zero-order chi connectivity index (χ0) is 11.5. The van der Waals surface area contributed by atoms with Gasteiger partial charge in [0.15, 0.2) is 11.5 Å². The van der Waals surface area contributed by atoms with Crippen molar-refractivity contribution in [2.45, 2.75) is 18.9 Å². The smallest absolute Gasteiger partial charge is 0.207 e. The number of methoxy groups -OCH3 is 2. The molecular weight excluding hydrogens is 206 g/mol. The van der Waals surface area contributed by atoms with Gasteiger partial charge in [-0.2, -0.15) is 0 Å². The molecule has 1 amide bonds. The lowest BCUT2D eigenvalue weighted by Crippen LogP contribution is -2.16. The van der Waals surface area contributed by atoms with E-state index in [1.807, 2.05) is 12.1 Å². The van der Waals surface area contributed by atoms with Crippen LogP contribution in [-0.2, 0) is 11.2 Å². The molecule has 1 aliphatic carbocycles. The molecule has 0 spiro atoms. The first kappa shape index (κ1) is 10.8. The molecular formula is C12H15NO3. The van der Waals surface area contributed by atoms with Crippen molar-refractivity contribution in [1.82, 2.24) is 5.32 Å². The van der Waals surface area contributed by atoms with E-state index in [9.17, 15) is 4.79 Å². The number of aryl methyl sites for hydroxylation is 1. The van der Waals surface area contributed by atoms with Gasteiger partial charge >= 0.3 is 0 Å². The first-order chi connectivity index (χ1) is 7.80. The van der Waals surface area contributed by atoms with E-state index in [1.54, 1.807) is 14.2 Å². The summed E-state index contributed by atoms with van der Waals surface area (Å²) in [6.45, 7) is 0. The van der Waals surface area contributed by atoms with Crippen LogP contribution in [0.1, 0.15) is 23.6 Å². The summed E-state index contributed by atoms with van der Waals surface area (Å²) in [6.07, 6.45) is 2.64. The molecule has 0 radical (unpaired) electrons. The number of carbonyl (C=O) groups excluding carboxylic acids is 1. The van der Waals surface area contributed by atoms with E-state index in [4.69, 9.17) is 9.47 Å². The quantitative estimate of drug-likeness (QED) is 0.782. The third kappa shape index (κ3) is 1.71. The predicted octanol–water partition coefficient (Wildman–Crippen LogP) is 1.44. The molecule has 1 aromatic carbocycles. The molecule has 0 aliphatic heterocycles. The van der Waals surface area contributed by atoms with Crippen LogP contribution in [0.4, 0.5) is 0 Å². The summed E-state index contributed by atoms with van der Waals surface area (Å²) in [5.74, 6) is 1.45. The molecule has 86 valence electrons. The molecule has 16 heavy (non-hydrogen) atoms. The Hall–Kier alpha value is -1.71. The first-order valence-electron chi connectivity index (χ1n) is 5.24. The second-order valence-electron chi connectivity index (χ2n) is 3.78. The lowest BCUT2D eigenvalue weighted by atomic mass is 10.1. The summed E-state index contributed by atoms with van der Waals surface area (Å²) in [7, 11) is 3.24. The van der Waals surface area contributed by atoms with Gasteiger partial charge < -0.3 is 14.8 Å². The van der Waals surface area contributed by atoms with Gasteiger partial charge in [0, 0.05) is 0 Å². The van der Waals surface area contributed by atoms with Crippen LogP contribution in [0.5, 0.6) is 11.5 Å². The van der Waals surface area contributed by atoms with Crippen molar-refractivity contribution in [1.29, 1.82) is 0 Å². The monoisotopic (exact) mass is 221 g/mol. The second kappa shape index (κ2) is 4.43. The van der Waals surface area contributed by atoms with Gasteiger partial charge in [0.1, 0.15) is 0 Å². The normalized spacial score (nSPS) is 17.8. The molecule has 0 saturated heterocycles. The highest BCUT2D eigenvalue weighted by atomic mass is 16.5. The lowest BCUT2D eigenvalue weighted by Gasteiger charge is -2.13. The summed E-state index contributed by atoms with van der Waals surface area (Å²) in [5.41, 5.74) is 2.35. The number of hydrogen-bond acceptors (Lipinski definition) is 3. The van der Waals surface area contributed by atoms with Crippen molar-refractivity contribution in [3.05, 3.63) is 23.3 Å². The van der Waals surface area contributed by atoms with Gasteiger partial charge in [0.25, 0.3) is 0 Å². The molecule has 0 aromatic heterocycles. The Morgan fingerprint density at radius 2 is 2.00 bits per heavy atom. The third-order valence-corrected chi connectivity index (χ3v) is 2.99. The molecule has 0 saturated carbocycles. The highest BCUT2D eigenvalue weighted by molar-refractivity contribution is 5.54. The van der Waals surface area contributed by atoms with Crippen molar-refractivity contribution in [3.63, 3.8) is 0 Å². The fourth-order valence-electron chi connectivity index (χ4n) is 2.19. The van der Waals surface area contributed by atoms with Crippen molar-refractivity contribution in [3.8, 4) is 11.5 Å². The van der Waals surface area contributed by atoms with Gasteiger partial charge in [-0.3, -0.25) is 4.79 Å². The standard InChI is InChI=1S/C12H15NO3/c1-15-11-5-8-3-4-10(13-7-14)9(8)6-12(11)16-2/h5-7,10H,3-4H2,1-2H3,(H,13,14). The zero-order valence-corrected chi connectivity index (χ0v) is 9.45. The lowest BCUT2D eigenvalue weighted by molar-refractivity contribution is -0.110. The Bertz CT molecular complexity index is 403. The van der Waals surface area contributed by atoms with E-state index in [2.05, 4.69) is 5.32 Å². The average Bonchev–Trinajstić information content (AvgIpc) is 2.70. The minimum Gasteiger partial charge on any atom is -0.493 e. The number of rotatable bonds is 4. The molecule has 0 heterocycles. The Morgan fingerprint density at radius 1 is 1.31 bits per heavy atom. The highest BCUT2D eigenvalue weighted by Gasteiger charge is 2.24. The number of fused-ring (bicyclic) bond motifs is 1. The minimum absolute atomic E-state index is 0.104. The number of amides is 1. The number of benzene rings is 1. The van der Waals surface area contributed by atoms with Crippen molar-refractivity contribution in [2.24, 2.45) is 0 Å². The van der Waals surface area contributed by atoms with Crippen molar-refractivity contribution < 1.29 is 14.3 Å². The maximum atomic E-state index is 10.5. The third-order valence-electron chi connectivity index (χ3n) is 2.99. The Balaban J connectivity index is 2.39. The van der Waals surface area contributed by atoms with Crippen molar-refractivity contribution in [2.75, 3.05) is 14.2 Å². The van der Waals surface area contributed by atoms with E-state index in [0.29, 0.717) is 5.75 Å². The topological polar surface area (TPSA) is 47.6 Å². The second-order valence-corrected chi connectivity index (χ2v) is 3.78. The van der Waals surface area contributed by atoms with Crippen LogP contribution in [0.2, 0.25) is 0 Å². The maximum Gasteiger partial charge on any atom is 0.207 e. The van der Waals surface area contributed by atoms with E-state index in [-0.39, 0.29) is 6.04 Å². The summed E-state index contributed by atoms with van der Waals surface area (Å²) < 4.78 is 10.5. The van der Waals surface area contributed by atoms with Crippen LogP contribution in [0.15, 0.2) is 12.1 Å². The Kier molecular flexibility index (Phi) is 2.99. The van der Waals surface area contributed by atoms with Gasteiger partial charge in [-0.25, -0.2) is 0 Å². The fourth-order valence-corrected chi connectivity index (χ4v) is 2.19. The van der Waals surface area contributed by atoms with Crippen LogP contribution in [0.3, 0.4) is 0 Å². The summed E-state index contributed by atoms with van der Waals surface area (Å²) in [6, 6.07) is 4.04. The zero-order valence-electron chi connectivity index (χ0n) is 9.45. The molecule has 0 bridgehead atoms. The van der Waals surface area contributed by atoms with Crippen LogP contribution < -0.4 is 14.8 Å². The van der Waals surface area contributed by atoms with Gasteiger partial charge in [0.05, 0.1) is 20.3 Å². The molecule has 4 heteroatoms. The SMILES string of the molecule is COc1cc2c(cc1OC)C(NC=O)CC2. The van der Waals surface area contributed by atoms with E-state index in [1.165, 1.54) is 5.56 Å². The Labute approximate surface area is 94.6 Å². The average molecular weight is 221 g/mol. The van der Waals surface area contributed by atoms with Gasteiger partial charge in [-0.1, -0.05) is 0 Å². The number of carbonyl (C=O) groups is 1. The molecule has 1 unspecified atom stereocenters. The fraction of sp³-hybridized carbons (Fsp3) is 0.417. The molecule has 2 rings (SSSR count). The summed E-state index contributed by atoms with van der Waals surface area (Å²) in [5, 5.41) is 2.81. The van der Waals surface area contributed by atoms with Gasteiger partial charge in [-0.15, -0.1) is 0 Å². The van der Waals surface area contributed by atoms with Crippen LogP contribution >= 0.6 is 0 Å². The van der Waals surface area contributed by atoms with Crippen molar-refractivity contribution >= 4 is 6.41 Å². The minimum atomic E-state index is 0.104. The molecule has 1 aromatic rings. The number of ether oxygens (including phenoxy) is 2. The van der Waals surface area contributed by atoms with Gasteiger partial charge in [0.2, 0.25) is 6.41 Å². The summed E-state index contributed by atoms with van der Waals surface area (Å²) >= 11 is 0. The first-order valence-corrected chi connectivity index (χ1v) is 5.24. The van der Waals surface area contributed by atoms with E-state index in [0.717, 1.165) is 30.6 Å².